The van der Waals surface area contributed by atoms with Crippen LogP contribution in [0.1, 0.15) is 31.8 Å². The van der Waals surface area contributed by atoms with Gasteiger partial charge in [-0.05, 0) is 25.0 Å². The minimum atomic E-state index is 0.0405. The molecule has 0 aromatic carbocycles. The Labute approximate surface area is 129 Å². The zero-order valence-electron chi connectivity index (χ0n) is 12.7. The molecule has 21 heavy (non-hydrogen) atoms. The Balaban J connectivity index is 2.13. The van der Waals surface area contributed by atoms with E-state index in [4.69, 9.17) is 11.6 Å². The summed E-state index contributed by atoms with van der Waals surface area (Å²) in [6.07, 6.45) is 0.400. The van der Waals surface area contributed by atoms with Gasteiger partial charge < -0.3 is 9.88 Å². The highest BCUT2D eigenvalue weighted by atomic mass is 35.5. The first-order chi connectivity index (χ1) is 10.0. The predicted molar refractivity (Wildman–Crippen MR) is 84.3 cm³/mol. The fourth-order valence-electron chi connectivity index (χ4n) is 2.10. The quantitative estimate of drug-likeness (QED) is 0.835. The Morgan fingerprint density at radius 1 is 1.38 bits per heavy atom. The van der Waals surface area contributed by atoms with Gasteiger partial charge in [0.1, 0.15) is 11.3 Å². The number of fused-ring (bicyclic) bond motifs is 1. The molecule has 0 atom stereocenters. The average Bonchev–Trinajstić information content (AvgIpc) is 2.79. The average molecular weight is 309 g/mol. The van der Waals surface area contributed by atoms with Crippen LogP contribution in [0, 0.1) is 12.8 Å². The summed E-state index contributed by atoms with van der Waals surface area (Å²) in [6.45, 7) is 7.32. The molecule has 2 heterocycles. The molecule has 0 fully saturated rings. The van der Waals surface area contributed by atoms with Crippen molar-refractivity contribution >= 4 is 28.7 Å². The number of hydrogen-bond donors (Lipinski definition) is 1. The van der Waals surface area contributed by atoms with Crippen LogP contribution in [0.25, 0.3) is 11.2 Å². The fraction of sp³-hybridized carbons (Fsp3) is 0.533. The molecular weight excluding hydrogens is 288 g/mol. The number of amides is 1. The molecule has 1 amide bonds. The van der Waals surface area contributed by atoms with Crippen LogP contribution in [-0.4, -0.2) is 27.0 Å². The number of rotatable bonds is 6. The topological polar surface area (TPSA) is 59.8 Å². The van der Waals surface area contributed by atoms with Gasteiger partial charge in [-0.25, -0.2) is 9.97 Å². The Morgan fingerprint density at radius 3 is 2.81 bits per heavy atom. The highest BCUT2D eigenvalue weighted by Crippen LogP contribution is 2.16. The number of halogens is 1. The van der Waals surface area contributed by atoms with E-state index in [0.717, 1.165) is 22.7 Å². The van der Waals surface area contributed by atoms with Crippen molar-refractivity contribution in [1.82, 2.24) is 19.9 Å². The lowest BCUT2D eigenvalue weighted by molar-refractivity contribution is -0.121. The highest BCUT2D eigenvalue weighted by molar-refractivity contribution is 6.16. The van der Waals surface area contributed by atoms with Crippen molar-refractivity contribution in [2.75, 3.05) is 6.54 Å². The number of pyridine rings is 1. The SMILES string of the molecule is Cc1ccc2nc(CCl)n(CCC(=O)NCC(C)C)c2n1. The van der Waals surface area contributed by atoms with Crippen molar-refractivity contribution in [2.24, 2.45) is 5.92 Å². The lowest BCUT2D eigenvalue weighted by Crippen LogP contribution is -2.28. The van der Waals surface area contributed by atoms with E-state index >= 15 is 0 Å². The number of alkyl halides is 1. The summed E-state index contributed by atoms with van der Waals surface area (Å²) in [5, 5.41) is 2.92. The maximum atomic E-state index is 11.8. The number of nitrogens with one attached hydrogen (secondary N) is 1. The Kier molecular flexibility index (Phi) is 5.17. The minimum Gasteiger partial charge on any atom is -0.356 e. The first-order valence-electron chi connectivity index (χ1n) is 7.16. The van der Waals surface area contributed by atoms with Crippen LogP contribution in [0.3, 0.4) is 0 Å². The Morgan fingerprint density at radius 2 is 2.14 bits per heavy atom. The smallest absolute Gasteiger partial charge is 0.221 e. The molecular formula is C15H21ClN4O. The van der Waals surface area contributed by atoms with E-state index in [-0.39, 0.29) is 5.91 Å². The highest BCUT2D eigenvalue weighted by Gasteiger charge is 2.12. The van der Waals surface area contributed by atoms with E-state index < -0.39 is 0 Å². The molecule has 2 aromatic rings. The molecule has 0 saturated carbocycles. The lowest BCUT2D eigenvalue weighted by atomic mass is 10.2. The minimum absolute atomic E-state index is 0.0405. The van der Waals surface area contributed by atoms with E-state index in [1.165, 1.54) is 0 Å². The van der Waals surface area contributed by atoms with Gasteiger partial charge >= 0.3 is 0 Å². The van der Waals surface area contributed by atoms with Crippen LogP contribution in [0.2, 0.25) is 0 Å². The second-order valence-corrected chi connectivity index (χ2v) is 5.82. The van der Waals surface area contributed by atoms with Crippen molar-refractivity contribution in [3.8, 4) is 0 Å². The summed E-state index contributed by atoms with van der Waals surface area (Å²) < 4.78 is 1.93. The number of hydrogen-bond acceptors (Lipinski definition) is 3. The van der Waals surface area contributed by atoms with Crippen LogP contribution >= 0.6 is 11.6 Å². The van der Waals surface area contributed by atoms with Crippen molar-refractivity contribution < 1.29 is 4.79 Å². The van der Waals surface area contributed by atoms with Crippen molar-refractivity contribution in [2.45, 2.75) is 39.6 Å². The predicted octanol–water partition coefficient (Wildman–Crippen LogP) is 2.64. The van der Waals surface area contributed by atoms with Gasteiger partial charge in [0.05, 0.1) is 5.88 Å². The van der Waals surface area contributed by atoms with Crippen LogP contribution in [-0.2, 0) is 17.2 Å². The molecule has 0 saturated heterocycles. The number of aryl methyl sites for hydroxylation is 2. The summed E-state index contributed by atoms with van der Waals surface area (Å²) in [4.78, 5) is 20.8. The van der Waals surface area contributed by atoms with Crippen molar-refractivity contribution in [3.05, 3.63) is 23.7 Å². The summed E-state index contributed by atoms with van der Waals surface area (Å²) in [5.74, 6) is 1.55. The molecule has 2 aromatic heterocycles. The Bertz CT molecular complexity index is 636. The fourth-order valence-corrected chi connectivity index (χ4v) is 2.30. The van der Waals surface area contributed by atoms with E-state index in [9.17, 15) is 4.79 Å². The zero-order valence-corrected chi connectivity index (χ0v) is 13.4. The molecule has 0 spiro atoms. The van der Waals surface area contributed by atoms with E-state index in [1.54, 1.807) is 0 Å². The number of nitrogens with zero attached hydrogens (tertiary/aromatic N) is 3. The third kappa shape index (κ3) is 3.94. The third-order valence-corrected chi connectivity index (χ3v) is 3.44. The summed E-state index contributed by atoms with van der Waals surface area (Å²) in [5.41, 5.74) is 2.54. The van der Waals surface area contributed by atoms with Gasteiger partial charge in [0.2, 0.25) is 5.91 Å². The second kappa shape index (κ2) is 6.89. The van der Waals surface area contributed by atoms with Gasteiger partial charge in [0, 0.05) is 25.2 Å². The number of imidazole rings is 1. The Hall–Kier alpha value is -1.62. The van der Waals surface area contributed by atoms with Crippen molar-refractivity contribution in [1.29, 1.82) is 0 Å². The first-order valence-corrected chi connectivity index (χ1v) is 7.70. The number of carbonyl (C=O) groups is 1. The van der Waals surface area contributed by atoms with Crippen LogP contribution in [0.4, 0.5) is 0 Å². The van der Waals surface area contributed by atoms with Gasteiger partial charge in [0.15, 0.2) is 5.65 Å². The van der Waals surface area contributed by atoms with E-state index in [2.05, 4.69) is 29.1 Å². The van der Waals surface area contributed by atoms with Gasteiger partial charge in [-0.2, -0.15) is 0 Å². The number of aromatic nitrogens is 3. The van der Waals surface area contributed by atoms with Crippen LogP contribution < -0.4 is 5.32 Å². The maximum absolute atomic E-state index is 11.8. The van der Waals surface area contributed by atoms with Gasteiger partial charge in [-0.15, -0.1) is 11.6 Å². The second-order valence-electron chi connectivity index (χ2n) is 5.56. The summed E-state index contributed by atoms with van der Waals surface area (Å²) in [6, 6.07) is 3.86. The molecule has 0 aliphatic rings. The monoisotopic (exact) mass is 308 g/mol. The first kappa shape index (κ1) is 15.8. The summed E-state index contributed by atoms with van der Waals surface area (Å²) >= 11 is 5.95. The molecule has 2 rings (SSSR count). The molecule has 6 heteroatoms. The van der Waals surface area contributed by atoms with Gasteiger partial charge in [0.25, 0.3) is 0 Å². The molecule has 1 N–H and O–H groups in total. The summed E-state index contributed by atoms with van der Waals surface area (Å²) in [7, 11) is 0. The standard InChI is InChI=1S/C15H21ClN4O/c1-10(2)9-17-14(21)6-7-20-13(8-16)19-12-5-4-11(3)18-15(12)20/h4-5,10H,6-9H2,1-3H3,(H,17,21). The lowest BCUT2D eigenvalue weighted by Gasteiger charge is -2.09. The molecule has 0 aliphatic carbocycles. The maximum Gasteiger partial charge on any atom is 0.221 e. The van der Waals surface area contributed by atoms with Crippen LogP contribution in [0.15, 0.2) is 12.1 Å². The van der Waals surface area contributed by atoms with Crippen molar-refractivity contribution in [3.63, 3.8) is 0 Å². The molecule has 5 nitrogen and oxygen atoms in total. The molecule has 0 radical (unpaired) electrons. The molecule has 0 bridgehead atoms. The van der Waals surface area contributed by atoms with E-state index in [0.29, 0.717) is 31.3 Å². The van der Waals surface area contributed by atoms with Gasteiger partial charge in [-0.1, -0.05) is 13.8 Å². The van der Waals surface area contributed by atoms with Crippen LogP contribution in [0.5, 0.6) is 0 Å². The molecule has 0 unspecified atom stereocenters. The largest absolute Gasteiger partial charge is 0.356 e. The number of carbonyl (C=O) groups excluding carboxylic acids is 1. The molecule has 0 aliphatic heterocycles. The zero-order chi connectivity index (χ0) is 15.4. The normalized spacial score (nSPS) is 11.3. The third-order valence-electron chi connectivity index (χ3n) is 3.20. The molecule has 114 valence electrons. The van der Waals surface area contributed by atoms with Gasteiger partial charge in [-0.3, -0.25) is 4.79 Å². The van der Waals surface area contributed by atoms with E-state index in [1.807, 2.05) is 23.6 Å².